The zero-order valence-electron chi connectivity index (χ0n) is 16.2. The van der Waals surface area contributed by atoms with Gasteiger partial charge in [0.2, 0.25) is 8.32 Å². The van der Waals surface area contributed by atoms with E-state index in [9.17, 15) is 4.79 Å². The highest BCUT2D eigenvalue weighted by Crippen LogP contribution is 2.47. The van der Waals surface area contributed by atoms with Crippen molar-refractivity contribution in [3.05, 3.63) is 29.8 Å². The molecule has 24 heavy (non-hydrogen) atoms. The first-order valence-electron chi connectivity index (χ1n) is 8.93. The van der Waals surface area contributed by atoms with Crippen molar-refractivity contribution in [3.8, 4) is 5.75 Å². The average molecular weight is 349 g/mol. The van der Waals surface area contributed by atoms with Gasteiger partial charge in [-0.25, -0.2) is 0 Å². The number of hydrogen-bond acceptors (Lipinski definition) is 3. The number of benzene rings is 1. The van der Waals surface area contributed by atoms with E-state index in [1.54, 1.807) is 0 Å². The molecule has 3 nitrogen and oxygen atoms in total. The number of hydrogen-bond donors (Lipinski definition) is 0. The van der Waals surface area contributed by atoms with Crippen LogP contribution in [0.1, 0.15) is 52.0 Å². The second kappa shape index (κ2) is 6.91. The lowest BCUT2D eigenvalue weighted by molar-refractivity contribution is -0.145. The number of methoxy groups -OCH3 is 1. The molecular formula is C20H32O3Si. The molecule has 1 aromatic carbocycles. The first-order chi connectivity index (χ1) is 11.1. The first kappa shape index (κ1) is 19.0. The summed E-state index contributed by atoms with van der Waals surface area (Å²) < 4.78 is 11.3. The van der Waals surface area contributed by atoms with Crippen molar-refractivity contribution in [2.24, 2.45) is 11.8 Å². The van der Waals surface area contributed by atoms with Gasteiger partial charge in [0.05, 0.1) is 13.0 Å². The summed E-state index contributed by atoms with van der Waals surface area (Å²) in [5, 5.41) is 0.182. The summed E-state index contributed by atoms with van der Waals surface area (Å²) in [7, 11) is -0.348. The van der Waals surface area contributed by atoms with Crippen LogP contribution >= 0.6 is 0 Å². The Hall–Kier alpha value is -1.29. The van der Waals surface area contributed by atoms with E-state index in [0.717, 1.165) is 5.75 Å². The van der Waals surface area contributed by atoms with Crippen molar-refractivity contribution in [2.45, 2.75) is 64.6 Å². The second-order valence-electron chi connectivity index (χ2n) is 8.61. The number of carbonyl (C=O) groups excluding carboxylic acids is 1. The van der Waals surface area contributed by atoms with E-state index >= 15 is 0 Å². The summed E-state index contributed by atoms with van der Waals surface area (Å²) in [5.74, 6) is 1.57. The van der Waals surface area contributed by atoms with Gasteiger partial charge >= 0.3 is 5.97 Å². The van der Waals surface area contributed by atoms with Crippen LogP contribution in [-0.4, -0.2) is 21.4 Å². The zero-order valence-corrected chi connectivity index (χ0v) is 17.2. The van der Waals surface area contributed by atoms with Crippen LogP contribution in [-0.2, 0) is 9.53 Å². The molecule has 4 heteroatoms. The lowest BCUT2D eigenvalue weighted by Crippen LogP contribution is -2.43. The van der Waals surface area contributed by atoms with E-state index in [1.165, 1.54) is 25.5 Å². The van der Waals surface area contributed by atoms with Gasteiger partial charge in [0, 0.05) is 0 Å². The number of carbonyl (C=O) groups is 1. The molecule has 1 aliphatic carbocycles. The van der Waals surface area contributed by atoms with Crippen molar-refractivity contribution in [1.29, 1.82) is 0 Å². The molecule has 0 amide bonds. The third-order valence-electron chi connectivity index (χ3n) is 5.69. The normalized spacial score (nSPS) is 18.0. The smallest absolute Gasteiger partial charge is 0.309 e. The third-order valence-corrected chi connectivity index (χ3v) is 10.0. The van der Waals surface area contributed by atoms with Gasteiger partial charge < -0.3 is 9.16 Å². The SMILES string of the molecule is COC(=O)C(C)C(c1ccc(O[Si](C)(C)C(C)(C)C)cc1)C1CC1. The number of esters is 1. The summed E-state index contributed by atoms with van der Waals surface area (Å²) in [6.07, 6.45) is 2.41. The summed E-state index contributed by atoms with van der Waals surface area (Å²) in [6, 6.07) is 8.39. The first-order valence-corrected chi connectivity index (χ1v) is 11.8. The van der Waals surface area contributed by atoms with Crippen LogP contribution in [0.4, 0.5) is 0 Å². The molecule has 0 aromatic heterocycles. The summed E-state index contributed by atoms with van der Waals surface area (Å²) in [4.78, 5) is 12.0. The molecule has 134 valence electrons. The summed E-state index contributed by atoms with van der Waals surface area (Å²) in [5.41, 5.74) is 1.22. The lowest BCUT2D eigenvalue weighted by atomic mass is 9.83. The van der Waals surface area contributed by atoms with Crippen LogP contribution < -0.4 is 4.43 Å². The van der Waals surface area contributed by atoms with E-state index in [2.05, 4.69) is 58.1 Å². The lowest BCUT2D eigenvalue weighted by Gasteiger charge is -2.36. The molecule has 1 aromatic rings. The predicted molar refractivity (Wildman–Crippen MR) is 101 cm³/mol. The maximum atomic E-state index is 12.0. The highest BCUT2D eigenvalue weighted by molar-refractivity contribution is 6.74. The van der Waals surface area contributed by atoms with E-state index in [0.29, 0.717) is 5.92 Å². The Balaban J connectivity index is 2.17. The van der Waals surface area contributed by atoms with Gasteiger partial charge in [-0.15, -0.1) is 0 Å². The minimum absolute atomic E-state index is 0.102. The monoisotopic (exact) mass is 348 g/mol. The Morgan fingerprint density at radius 3 is 2.12 bits per heavy atom. The second-order valence-corrected chi connectivity index (χ2v) is 13.3. The molecule has 0 aliphatic heterocycles. The molecule has 2 rings (SSSR count). The fourth-order valence-electron chi connectivity index (χ4n) is 2.96. The fourth-order valence-corrected chi connectivity index (χ4v) is 3.99. The minimum Gasteiger partial charge on any atom is -0.544 e. The van der Waals surface area contributed by atoms with Crippen LogP contribution in [0.3, 0.4) is 0 Å². The van der Waals surface area contributed by atoms with Gasteiger partial charge in [0.25, 0.3) is 0 Å². The van der Waals surface area contributed by atoms with E-state index < -0.39 is 8.32 Å². The highest BCUT2D eigenvalue weighted by Gasteiger charge is 2.40. The molecule has 2 atom stereocenters. The minimum atomic E-state index is -1.82. The Kier molecular flexibility index (Phi) is 5.48. The molecule has 1 aliphatic rings. The quantitative estimate of drug-likeness (QED) is 0.512. The van der Waals surface area contributed by atoms with E-state index in [1.807, 2.05) is 6.92 Å². The van der Waals surface area contributed by atoms with Crippen LogP contribution in [0, 0.1) is 11.8 Å². The molecule has 0 heterocycles. The Morgan fingerprint density at radius 1 is 1.17 bits per heavy atom. The molecule has 0 radical (unpaired) electrons. The predicted octanol–water partition coefficient (Wildman–Crippen LogP) is 5.37. The molecule has 1 fully saturated rings. The van der Waals surface area contributed by atoms with Crippen molar-refractivity contribution in [2.75, 3.05) is 7.11 Å². The summed E-state index contributed by atoms with van der Waals surface area (Å²) in [6.45, 7) is 13.2. The average Bonchev–Trinajstić information content (AvgIpc) is 3.31. The van der Waals surface area contributed by atoms with Crippen molar-refractivity contribution < 1.29 is 14.0 Å². The van der Waals surface area contributed by atoms with Crippen molar-refractivity contribution in [3.63, 3.8) is 0 Å². The van der Waals surface area contributed by atoms with Gasteiger partial charge in [0.1, 0.15) is 5.75 Å². The van der Waals surface area contributed by atoms with Gasteiger partial charge in [-0.2, -0.15) is 0 Å². The third kappa shape index (κ3) is 4.21. The molecule has 1 saturated carbocycles. The van der Waals surface area contributed by atoms with E-state index in [-0.39, 0.29) is 22.8 Å². The molecular weight excluding hydrogens is 316 g/mol. The van der Waals surface area contributed by atoms with Crippen molar-refractivity contribution >= 4 is 14.3 Å². The summed E-state index contributed by atoms with van der Waals surface area (Å²) >= 11 is 0. The maximum absolute atomic E-state index is 12.0. The number of ether oxygens (including phenoxy) is 1. The van der Waals surface area contributed by atoms with Gasteiger partial charge in [-0.1, -0.05) is 39.8 Å². The van der Waals surface area contributed by atoms with Crippen molar-refractivity contribution in [1.82, 2.24) is 0 Å². The van der Waals surface area contributed by atoms with Crippen LogP contribution in [0.5, 0.6) is 5.75 Å². The largest absolute Gasteiger partial charge is 0.544 e. The molecule has 2 unspecified atom stereocenters. The van der Waals surface area contributed by atoms with Gasteiger partial charge in [0.15, 0.2) is 0 Å². The maximum Gasteiger partial charge on any atom is 0.309 e. The van der Waals surface area contributed by atoms with Crippen LogP contribution in [0.25, 0.3) is 0 Å². The Labute approximate surface area is 147 Å². The Morgan fingerprint density at radius 2 is 1.71 bits per heavy atom. The van der Waals surface area contributed by atoms with Crippen LogP contribution in [0.2, 0.25) is 18.1 Å². The van der Waals surface area contributed by atoms with Crippen LogP contribution in [0.15, 0.2) is 24.3 Å². The Bertz CT molecular complexity index is 568. The highest BCUT2D eigenvalue weighted by atomic mass is 28.4. The molecule has 0 bridgehead atoms. The van der Waals surface area contributed by atoms with Gasteiger partial charge in [-0.3, -0.25) is 4.79 Å². The van der Waals surface area contributed by atoms with E-state index in [4.69, 9.17) is 9.16 Å². The topological polar surface area (TPSA) is 35.5 Å². The standard InChI is InChI=1S/C20H32O3Si/c1-14(19(21)22-5)18(15-8-9-15)16-10-12-17(13-11-16)23-24(6,7)20(2,3)4/h10-15,18H,8-9H2,1-7H3. The fraction of sp³-hybridized carbons (Fsp3) is 0.650. The zero-order chi connectivity index (χ0) is 18.1. The molecule has 0 saturated heterocycles. The number of rotatable bonds is 6. The molecule has 0 N–H and O–H groups in total. The van der Waals surface area contributed by atoms with Gasteiger partial charge in [-0.05, 0) is 60.5 Å². The molecule has 0 spiro atoms.